The lowest BCUT2D eigenvalue weighted by molar-refractivity contribution is 0.0690. The van der Waals surface area contributed by atoms with Gasteiger partial charge in [-0.05, 0) is 18.2 Å². The fraction of sp³-hybridized carbons (Fsp3) is 0.167. The molecular formula is C12H12N4O3. The van der Waals surface area contributed by atoms with Gasteiger partial charge < -0.3 is 10.4 Å². The summed E-state index contributed by atoms with van der Waals surface area (Å²) in [6.45, 7) is 0.255. The van der Waals surface area contributed by atoms with Crippen molar-refractivity contribution in [1.82, 2.24) is 20.1 Å². The quantitative estimate of drug-likeness (QED) is 0.831. The molecule has 0 fully saturated rings. The number of carboxylic acids is 1. The van der Waals surface area contributed by atoms with Gasteiger partial charge in [-0.15, -0.1) is 0 Å². The lowest BCUT2D eigenvalue weighted by Crippen LogP contribution is -2.27. The van der Waals surface area contributed by atoms with Crippen molar-refractivity contribution in [3.05, 3.63) is 47.5 Å². The number of carbonyl (C=O) groups excluding carboxylic acids is 1. The molecule has 7 nitrogen and oxygen atoms in total. The number of hydrogen-bond donors (Lipinski definition) is 2. The summed E-state index contributed by atoms with van der Waals surface area (Å²) in [6.07, 6.45) is 3.00. The zero-order valence-corrected chi connectivity index (χ0v) is 10.2. The maximum atomic E-state index is 11.9. The van der Waals surface area contributed by atoms with Crippen molar-refractivity contribution in [2.75, 3.05) is 0 Å². The predicted octanol–water partition coefficient (Wildman–Crippen LogP) is 0.443. The number of aromatic carboxylic acids is 1. The van der Waals surface area contributed by atoms with Gasteiger partial charge in [0.15, 0.2) is 0 Å². The third-order valence-electron chi connectivity index (χ3n) is 2.61. The lowest BCUT2D eigenvalue weighted by Gasteiger charge is -2.06. The number of pyridine rings is 1. The van der Waals surface area contributed by atoms with E-state index < -0.39 is 11.9 Å². The molecule has 0 aliphatic carbocycles. The predicted molar refractivity (Wildman–Crippen MR) is 65.6 cm³/mol. The Labute approximate surface area is 108 Å². The van der Waals surface area contributed by atoms with Crippen LogP contribution in [-0.2, 0) is 13.6 Å². The van der Waals surface area contributed by atoms with Crippen LogP contribution < -0.4 is 5.32 Å². The Bertz CT molecular complexity index is 621. The first-order chi connectivity index (χ1) is 9.09. The van der Waals surface area contributed by atoms with E-state index in [4.69, 9.17) is 5.11 Å². The van der Waals surface area contributed by atoms with E-state index in [1.165, 1.54) is 18.3 Å². The number of aryl methyl sites for hydroxylation is 1. The van der Waals surface area contributed by atoms with Gasteiger partial charge in [0.05, 0.1) is 17.8 Å². The molecule has 98 valence electrons. The van der Waals surface area contributed by atoms with Gasteiger partial charge in [-0.1, -0.05) is 0 Å². The summed E-state index contributed by atoms with van der Waals surface area (Å²) in [4.78, 5) is 26.7. The largest absolute Gasteiger partial charge is 0.478 e. The maximum absolute atomic E-state index is 11.9. The van der Waals surface area contributed by atoms with Gasteiger partial charge >= 0.3 is 5.97 Å². The SMILES string of the molecule is Cn1nccc1CNC(=O)c1ncccc1C(=O)O. The van der Waals surface area contributed by atoms with Crippen LogP contribution in [-0.4, -0.2) is 31.7 Å². The Morgan fingerprint density at radius 3 is 2.79 bits per heavy atom. The highest BCUT2D eigenvalue weighted by Crippen LogP contribution is 2.05. The van der Waals surface area contributed by atoms with Crippen molar-refractivity contribution >= 4 is 11.9 Å². The molecule has 1 amide bonds. The van der Waals surface area contributed by atoms with Gasteiger partial charge in [0.2, 0.25) is 0 Å². The molecule has 2 N–H and O–H groups in total. The van der Waals surface area contributed by atoms with E-state index in [0.29, 0.717) is 0 Å². The van der Waals surface area contributed by atoms with Crippen LogP contribution in [0.25, 0.3) is 0 Å². The van der Waals surface area contributed by atoms with Gasteiger partial charge in [0, 0.05) is 19.4 Å². The van der Waals surface area contributed by atoms with Gasteiger partial charge in [-0.3, -0.25) is 14.5 Å². The summed E-state index contributed by atoms with van der Waals surface area (Å²) < 4.78 is 1.62. The highest BCUT2D eigenvalue weighted by Gasteiger charge is 2.17. The second kappa shape index (κ2) is 5.30. The molecular weight excluding hydrogens is 248 g/mol. The standard InChI is InChI=1S/C12H12N4O3/c1-16-8(4-6-15-16)7-14-11(17)10-9(12(18)19)3-2-5-13-10/h2-6H,7H2,1H3,(H,14,17)(H,18,19). The Hall–Kier alpha value is -2.70. The monoisotopic (exact) mass is 260 g/mol. The number of aromatic nitrogens is 3. The molecule has 2 rings (SSSR count). The summed E-state index contributed by atoms with van der Waals surface area (Å²) in [5.41, 5.74) is 0.586. The molecule has 7 heteroatoms. The summed E-state index contributed by atoms with van der Waals surface area (Å²) in [7, 11) is 1.75. The van der Waals surface area contributed by atoms with Crippen LogP contribution in [0.3, 0.4) is 0 Å². The van der Waals surface area contributed by atoms with Crippen LogP contribution in [0.4, 0.5) is 0 Å². The highest BCUT2D eigenvalue weighted by atomic mass is 16.4. The summed E-state index contributed by atoms with van der Waals surface area (Å²) in [5, 5.41) is 15.6. The molecule has 0 bridgehead atoms. The maximum Gasteiger partial charge on any atom is 0.338 e. The Morgan fingerprint density at radius 1 is 1.37 bits per heavy atom. The Balaban J connectivity index is 2.13. The van der Waals surface area contributed by atoms with Crippen LogP contribution in [0.5, 0.6) is 0 Å². The molecule has 0 aromatic carbocycles. The Morgan fingerprint density at radius 2 is 2.16 bits per heavy atom. The molecule has 0 saturated carbocycles. The van der Waals surface area contributed by atoms with E-state index in [9.17, 15) is 9.59 Å². The summed E-state index contributed by atoms with van der Waals surface area (Å²) in [6, 6.07) is 4.58. The van der Waals surface area contributed by atoms with Crippen LogP contribution in [0, 0.1) is 0 Å². The summed E-state index contributed by atoms with van der Waals surface area (Å²) in [5.74, 6) is -1.71. The Kier molecular flexibility index (Phi) is 3.56. The van der Waals surface area contributed by atoms with Gasteiger partial charge in [0.1, 0.15) is 5.69 Å². The molecule has 0 aliphatic rings. The molecule has 0 saturated heterocycles. The fourth-order valence-electron chi connectivity index (χ4n) is 1.59. The third-order valence-corrected chi connectivity index (χ3v) is 2.61. The molecule has 2 aromatic rings. The minimum Gasteiger partial charge on any atom is -0.478 e. The molecule has 0 atom stereocenters. The molecule has 0 unspecified atom stereocenters. The van der Waals surface area contributed by atoms with Crippen molar-refractivity contribution in [2.24, 2.45) is 7.05 Å². The first kappa shape index (κ1) is 12.7. The lowest BCUT2D eigenvalue weighted by atomic mass is 10.2. The van der Waals surface area contributed by atoms with Gasteiger partial charge in [-0.2, -0.15) is 5.10 Å². The molecule has 2 aromatic heterocycles. The third kappa shape index (κ3) is 2.76. The summed E-state index contributed by atoms with van der Waals surface area (Å²) >= 11 is 0. The van der Waals surface area contributed by atoms with E-state index in [2.05, 4.69) is 15.4 Å². The topological polar surface area (TPSA) is 97.1 Å². The number of hydrogen-bond acceptors (Lipinski definition) is 4. The van der Waals surface area contributed by atoms with Crippen LogP contribution in [0.15, 0.2) is 30.6 Å². The first-order valence-electron chi connectivity index (χ1n) is 5.53. The number of rotatable bonds is 4. The number of nitrogens with one attached hydrogen (secondary N) is 1. The van der Waals surface area contributed by atoms with E-state index in [0.717, 1.165) is 5.69 Å². The minimum absolute atomic E-state index is 0.0998. The average Bonchev–Trinajstić information content (AvgIpc) is 2.81. The van der Waals surface area contributed by atoms with E-state index in [-0.39, 0.29) is 17.8 Å². The average molecular weight is 260 g/mol. The molecule has 0 aliphatic heterocycles. The second-order valence-corrected chi connectivity index (χ2v) is 3.83. The van der Waals surface area contributed by atoms with Crippen molar-refractivity contribution in [3.8, 4) is 0 Å². The number of amides is 1. The highest BCUT2D eigenvalue weighted by molar-refractivity contribution is 6.03. The van der Waals surface area contributed by atoms with Gasteiger partial charge in [-0.25, -0.2) is 4.79 Å². The number of carbonyl (C=O) groups is 2. The second-order valence-electron chi connectivity index (χ2n) is 3.83. The van der Waals surface area contributed by atoms with Crippen molar-refractivity contribution in [2.45, 2.75) is 6.54 Å². The molecule has 19 heavy (non-hydrogen) atoms. The zero-order valence-electron chi connectivity index (χ0n) is 10.2. The molecule has 0 radical (unpaired) electrons. The smallest absolute Gasteiger partial charge is 0.338 e. The van der Waals surface area contributed by atoms with Crippen LogP contribution >= 0.6 is 0 Å². The molecule has 0 spiro atoms. The van der Waals surface area contributed by atoms with Crippen molar-refractivity contribution < 1.29 is 14.7 Å². The van der Waals surface area contributed by atoms with Gasteiger partial charge in [0.25, 0.3) is 5.91 Å². The minimum atomic E-state index is -1.18. The number of carboxylic acid groups (broad SMARTS) is 1. The zero-order chi connectivity index (χ0) is 13.8. The normalized spacial score (nSPS) is 10.2. The van der Waals surface area contributed by atoms with Crippen molar-refractivity contribution in [1.29, 1.82) is 0 Å². The first-order valence-corrected chi connectivity index (χ1v) is 5.53. The van der Waals surface area contributed by atoms with E-state index >= 15 is 0 Å². The van der Waals surface area contributed by atoms with Crippen LogP contribution in [0.2, 0.25) is 0 Å². The molecule has 2 heterocycles. The number of nitrogens with zero attached hydrogens (tertiary/aromatic N) is 3. The van der Waals surface area contributed by atoms with Crippen molar-refractivity contribution in [3.63, 3.8) is 0 Å². The fourth-order valence-corrected chi connectivity index (χ4v) is 1.59. The van der Waals surface area contributed by atoms with E-state index in [1.807, 2.05) is 0 Å². The van der Waals surface area contributed by atoms with E-state index in [1.54, 1.807) is 24.0 Å². The van der Waals surface area contributed by atoms with Crippen LogP contribution in [0.1, 0.15) is 26.5 Å².